The molecule has 1 spiro atoms. The molecule has 4 atom stereocenters. The number of aliphatic hydroxyl groups excluding tert-OH is 1. The molecule has 0 amide bonds. The Morgan fingerprint density at radius 3 is 3.07 bits per heavy atom. The molecule has 15 heavy (non-hydrogen) atoms. The monoisotopic (exact) mass is 206 g/mol. The van der Waals surface area contributed by atoms with E-state index in [1.807, 2.05) is 0 Å². The highest BCUT2D eigenvalue weighted by Gasteiger charge is 2.55. The van der Waals surface area contributed by atoms with E-state index >= 15 is 0 Å². The minimum absolute atomic E-state index is 0.136. The van der Waals surface area contributed by atoms with Crippen LogP contribution < -0.4 is 0 Å². The second-order valence-electron chi connectivity index (χ2n) is 5.75. The molecule has 0 heterocycles. The summed E-state index contributed by atoms with van der Waals surface area (Å²) in [5.74, 6) is 0.990. The fraction of sp³-hybridized carbons (Fsp3) is 0.769. The van der Waals surface area contributed by atoms with Gasteiger partial charge in [-0.3, -0.25) is 4.79 Å². The van der Waals surface area contributed by atoms with Gasteiger partial charge in [-0.1, -0.05) is 12.2 Å². The lowest BCUT2D eigenvalue weighted by molar-refractivity contribution is -0.135. The fourth-order valence-corrected chi connectivity index (χ4v) is 4.10. The Morgan fingerprint density at radius 2 is 2.27 bits per heavy atom. The predicted octanol–water partition coefficient (Wildman–Crippen LogP) is 2.07. The number of hydrogen-bond acceptors (Lipinski definition) is 2. The molecule has 0 unspecified atom stereocenters. The van der Waals surface area contributed by atoms with Gasteiger partial charge in [0.25, 0.3) is 0 Å². The van der Waals surface area contributed by atoms with Crippen LogP contribution in [0.3, 0.4) is 0 Å². The second kappa shape index (κ2) is 2.94. The zero-order valence-corrected chi connectivity index (χ0v) is 9.04. The maximum atomic E-state index is 12.0. The predicted molar refractivity (Wildman–Crippen MR) is 57.3 cm³/mol. The Kier molecular flexibility index (Phi) is 1.88. The first-order chi connectivity index (χ1) is 7.11. The van der Waals surface area contributed by atoms with E-state index < -0.39 is 0 Å². The second-order valence-corrected chi connectivity index (χ2v) is 5.75. The van der Waals surface area contributed by atoms with Crippen molar-refractivity contribution in [2.24, 2.45) is 17.3 Å². The highest BCUT2D eigenvalue weighted by atomic mass is 16.3. The SMILES string of the molecule is C=C1C[C@@]23CC[C@H](O)C[C@H]2C(=O)C[C@@H]1C3. The van der Waals surface area contributed by atoms with Gasteiger partial charge in [-0.25, -0.2) is 0 Å². The summed E-state index contributed by atoms with van der Waals surface area (Å²) < 4.78 is 0. The van der Waals surface area contributed by atoms with Gasteiger partial charge in [0.15, 0.2) is 0 Å². The van der Waals surface area contributed by atoms with Gasteiger partial charge in [0, 0.05) is 12.3 Å². The zero-order chi connectivity index (χ0) is 10.6. The Hall–Kier alpha value is -0.630. The standard InChI is InChI=1S/C13H18O2/c1-8-6-13-3-2-10(14)5-11(13)12(15)4-9(8)7-13/h9-11,14H,1-7H2/t9-,10+,11+,13-/m1/s1. The maximum Gasteiger partial charge on any atom is 0.137 e. The number of ketones is 1. The summed E-state index contributed by atoms with van der Waals surface area (Å²) in [4.78, 5) is 12.0. The van der Waals surface area contributed by atoms with Crippen molar-refractivity contribution >= 4 is 5.78 Å². The van der Waals surface area contributed by atoms with Crippen LogP contribution >= 0.6 is 0 Å². The molecule has 82 valence electrons. The normalized spacial score (nSPS) is 49.3. The average molecular weight is 206 g/mol. The van der Waals surface area contributed by atoms with Crippen LogP contribution in [0.5, 0.6) is 0 Å². The number of Topliss-reactive ketones (excluding diaryl/α,β-unsaturated/α-hetero) is 1. The van der Waals surface area contributed by atoms with Crippen LogP contribution in [0.15, 0.2) is 12.2 Å². The third-order valence-electron chi connectivity index (χ3n) is 4.87. The Labute approximate surface area is 90.4 Å². The smallest absolute Gasteiger partial charge is 0.137 e. The number of rotatable bonds is 0. The van der Waals surface area contributed by atoms with Gasteiger partial charge in [-0.05, 0) is 43.4 Å². The van der Waals surface area contributed by atoms with E-state index in [1.165, 1.54) is 5.57 Å². The Balaban J connectivity index is 1.96. The van der Waals surface area contributed by atoms with Crippen LogP contribution in [0, 0.1) is 17.3 Å². The molecule has 0 aromatic rings. The number of carbonyl (C=O) groups is 1. The molecule has 0 aliphatic heterocycles. The lowest BCUT2D eigenvalue weighted by Gasteiger charge is -2.44. The number of aliphatic hydroxyl groups is 1. The number of allylic oxidation sites excluding steroid dienone is 1. The molecule has 3 fully saturated rings. The summed E-state index contributed by atoms with van der Waals surface area (Å²) in [5.41, 5.74) is 1.50. The molecule has 2 nitrogen and oxygen atoms in total. The molecular weight excluding hydrogens is 188 g/mol. The quantitative estimate of drug-likeness (QED) is 0.616. The topological polar surface area (TPSA) is 37.3 Å². The summed E-state index contributed by atoms with van der Waals surface area (Å²) in [6.07, 6.45) is 5.27. The van der Waals surface area contributed by atoms with Gasteiger partial charge in [0.05, 0.1) is 6.10 Å². The van der Waals surface area contributed by atoms with E-state index in [-0.39, 0.29) is 17.4 Å². The number of carbonyl (C=O) groups excluding carboxylic acids is 1. The summed E-state index contributed by atoms with van der Waals surface area (Å²) in [6, 6.07) is 0. The molecular formula is C13H18O2. The number of hydrogen-bond donors (Lipinski definition) is 1. The minimum Gasteiger partial charge on any atom is -0.393 e. The lowest BCUT2D eigenvalue weighted by atomic mass is 9.59. The van der Waals surface area contributed by atoms with Crippen LogP contribution in [-0.2, 0) is 4.79 Å². The van der Waals surface area contributed by atoms with Crippen molar-refractivity contribution in [1.29, 1.82) is 0 Å². The van der Waals surface area contributed by atoms with Crippen molar-refractivity contribution in [1.82, 2.24) is 0 Å². The van der Waals surface area contributed by atoms with Crippen LogP contribution in [0.4, 0.5) is 0 Å². The van der Waals surface area contributed by atoms with E-state index in [2.05, 4.69) is 6.58 Å². The highest BCUT2D eigenvalue weighted by molar-refractivity contribution is 5.84. The zero-order valence-electron chi connectivity index (χ0n) is 9.04. The summed E-state index contributed by atoms with van der Waals surface area (Å²) in [5, 5.41) is 9.68. The number of fused-ring (bicyclic) bond motifs is 1. The molecule has 3 aliphatic carbocycles. The van der Waals surface area contributed by atoms with E-state index in [0.717, 1.165) is 25.7 Å². The molecule has 0 radical (unpaired) electrons. The van der Waals surface area contributed by atoms with E-state index in [0.29, 0.717) is 24.5 Å². The van der Waals surface area contributed by atoms with E-state index in [1.54, 1.807) is 0 Å². The van der Waals surface area contributed by atoms with Gasteiger partial charge in [-0.15, -0.1) is 0 Å². The summed E-state index contributed by atoms with van der Waals surface area (Å²) in [6.45, 7) is 4.12. The average Bonchev–Trinajstić information content (AvgIpc) is 2.44. The van der Waals surface area contributed by atoms with Crippen molar-refractivity contribution < 1.29 is 9.90 Å². The largest absolute Gasteiger partial charge is 0.393 e. The van der Waals surface area contributed by atoms with Crippen molar-refractivity contribution in [3.63, 3.8) is 0 Å². The molecule has 0 saturated heterocycles. The molecule has 3 saturated carbocycles. The van der Waals surface area contributed by atoms with Gasteiger partial charge >= 0.3 is 0 Å². The van der Waals surface area contributed by atoms with Crippen LogP contribution in [0.25, 0.3) is 0 Å². The molecule has 3 rings (SSSR count). The van der Waals surface area contributed by atoms with Crippen molar-refractivity contribution in [3.8, 4) is 0 Å². The molecule has 3 aliphatic rings. The molecule has 0 aromatic heterocycles. The van der Waals surface area contributed by atoms with E-state index in [9.17, 15) is 9.90 Å². The van der Waals surface area contributed by atoms with Gasteiger partial charge in [0.2, 0.25) is 0 Å². The maximum absolute atomic E-state index is 12.0. The summed E-state index contributed by atoms with van der Waals surface area (Å²) >= 11 is 0. The van der Waals surface area contributed by atoms with Gasteiger partial charge < -0.3 is 5.11 Å². The lowest BCUT2D eigenvalue weighted by Crippen LogP contribution is -2.43. The van der Waals surface area contributed by atoms with Gasteiger partial charge in [-0.2, -0.15) is 0 Å². The van der Waals surface area contributed by atoms with Crippen molar-refractivity contribution in [2.45, 2.75) is 44.6 Å². The molecule has 1 N–H and O–H groups in total. The third-order valence-corrected chi connectivity index (χ3v) is 4.87. The van der Waals surface area contributed by atoms with Crippen molar-refractivity contribution in [3.05, 3.63) is 12.2 Å². The van der Waals surface area contributed by atoms with E-state index in [4.69, 9.17) is 0 Å². The van der Waals surface area contributed by atoms with Gasteiger partial charge in [0.1, 0.15) is 5.78 Å². The van der Waals surface area contributed by atoms with Crippen LogP contribution in [0.2, 0.25) is 0 Å². The first-order valence-electron chi connectivity index (χ1n) is 5.99. The summed E-state index contributed by atoms with van der Waals surface area (Å²) in [7, 11) is 0. The first kappa shape index (κ1) is 9.59. The minimum atomic E-state index is -0.241. The highest BCUT2D eigenvalue weighted by Crippen LogP contribution is 2.60. The molecule has 0 aromatic carbocycles. The fourth-order valence-electron chi connectivity index (χ4n) is 4.10. The third kappa shape index (κ3) is 1.24. The molecule has 2 heteroatoms. The Morgan fingerprint density at radius 1 is 1.47 bits per heavy atom. The Bertz CT molecular complexity index is 333. The van der Waals surface area contributed by atoms with Crippen LogP contribution in [-0.4, -0.2) is 17.0 Å². The van der Waals surface area contributed by atoms with Crippen molar-refractivity contribution in [2.75, 3.05) is 0 Å². The van der Waals surface area contributed by atoms with Crippen LogP contribution in [0.1, 0.15) is 38.5 Å². The molecule has 2 bridgehead atoms. The first-order valence-corrected chi connectivity index (χ1v) is 5.99.